The summed E-state index contributed by atoms with van der Waals surface area (Å²) in [5.41, 5.74) is 2.29. The largest absolute Gasteiger partial charge is 0.493 e. The molecule has 0 saturated heterocycles. The van der Waals surface area contributed by atoms with Crippen LogP contribution >= 0.6 is 11.8 Å². The number of carbonyl (C=O) groups is 2. The molecule has 0 unspecified atom stereocenters. The molecule has 0 aliphatic rings. The molecule has 0 bridgehead atoms. The molecule has 1 amide bonds. The highest BCUT2D eigenvalue weighted by Gasteiger charge is 2.11. The van der Waals surface area contributed by atoms with Gasteiger partial charge in [0.25, 0.3) is 5.91 Å². The number of nitrogens with one attached hydrogen (secondary N) is 1. The number of hydrogen-bond acceptors (Lipinski definition) is 6. The molecule has 3 aromatic rings. The number of aromatic nitrogens is 1. The normalized spacial score (nSPS) is 10.3. The first-order valence-electron chi connectivity index (χ1n) is 9.29. The van der Waals surface area contributed by atoms with Crippen LogP contribution in [0.2, 0.25) is 0 Å². The van der Waals surface area contributed by atoms with Crippen molar-refractivity contribution in [1.82, 2.24) is 4.98 Å². The van der Waals surface area contributed by atoms with E-state index in [1.54, 1.807) is 36.2 Å². The molecule has 154 valence electrons. The summed E-state index contributed by atoms with van der Waals surface area (Å²) in [6, 6.07) is 18.3. The van der Waals surface area contributed by atoms with Gasteiger partial charge in [0.1, 0.15) is 0 Å². The molecule has 0 aliphatic heterocycles. The van der Waals surface area contributed by atoms with E-state index in [0.717, 1.165) is 16.3 Å². The number of thioether (sulfide) groups is 1. The zero-order valence-electron chi connectivity index (χ0n) is 16.8. The minimum absolute atomic E-state index is 0.0707. The summed E-state index contributed by atoms with van der Waals surface area (Å²) < 4.78 is 10.8. The number of pyridine rings is 1. The van der Waals surface area contributed by atoms with Crippen molar-refractivity contribution in [2.45, 2.75) is 17.7 Å². The van der Waals surface area contributed by atoms with Crippen LogP contribution in [0.15, 0.2) is 71.9 Å². The molecule has 0 saturated carbocycles. The quantitative estimate of drug-likeness (QED) is 0.401. The molecule has 0 atom stereocenters. The number of hydrogen-bond donors (Lipinski definition) is 1. The molecule has 1 N–H and O–H groups in total. The van der Waals surface area contributed by atoms with Crippen LogP contribution in [0.5, 0.6) is 11.5 Å². The topological polar surface area (TPSA) is 77.5 Å². The number of benzene rings is 2. The van der Waals surface area contributed by atoms with Gasteiger partial charge < -0.3 is 14.8 Å². The lowest BCUT2D eigenvalue weighted by molar-refractivity contribution is -0.118. The highest BCUT2D eigenvalue weighted by Crippen LogP contribution is 2.28. The highest BCUT2D eigenvalue weighted by molar-refractivity contribution is 7.98. The fourth-order valence-electron chi connectivity index (χ4n) is 2.67. The van der Waals surface area contributed by atoms with Gasteiger partial charge in [0.15, 0.2) is 23.9 Å². The predicted molar refractivity (Wildman–Crippen MR) is 117 cm³/mol. The Morgan fingerprint density at radius 3 is 2.63 bits per heavy atom. The van der Waals surface area contributed by atoms with E-state index in [0.29, 0.717) is 22.7 Å². The number of ketones is 1. The lowest BCUT2D eigenvalue weighted by Crippen LogP contribution is -2.20. The number of ether oxygens (including phenoxy) is 2. The molecule has 1 aromatic heterocycles. The maximum absolute atomic E-state index is 12.3. The fraction of sp³-hybridized carbons (Fsp3) is 0.174. The van der Waals surface area contributed by atoms with Crippen molar-refractivity contribution in [2.24, 2.45) is 0 Å². The molecule has 0 aliphatic carbocycles. The molecular weight excluding hydrogens is 400 g/mol. The smallest absolute Gasteiger partial charge is 0.262 e. The third kappa shape index (κ3) is 6.09. The van der Waals surface area contributed by atoms with Crippen molar-refractivity contribution in [3.05, 3.63) is 78.0 Å². The minimum atomic E-state index is -0.290. The van der Waals surface area contributed by atoms with Crippen molar-refractivity contribution in [3.8, 4) is 11.5 Å². The van der Waals surface area contributed by atoms with Gasteiger partial charge >= 0.3 is 0 Å². The van der Waals surface area contributed by atoms with Crippen molar-refractivity contribution in [2.75, 3.05) is 19.0 Å². The van der Waals surface area contributed by atoms with Crippen LogP contribution in [0.25, 0.3) is 0 Å². The van der Waals surface area contributed by atoms with Crippen molar-refractivity contribution < 1.29 is 19.1 Å². The maximum atomic E-state index is 12.3. The van der Waals surface area contributed by atoms with Gasteiger partial charge in [0, 0.05) is 23.2 Å². The summed E-state index contributed by atoms with van der Waals surface area (Å²) >= 11 is 1.63. The maximum Gasteiger partial charge on any atom is 0.262 e. The second-order valence-electron chi connectivity index (χ2n) is 6.42. The van der Waals surface area contributed by atoms with Gasteiger partial charge in [-0.25, -0.2) is 4.98 Å². The average Bonchev–Trinajstić information content (AvgIpc) is 2.77. The Morgan fingerprint density at radius 1 is 1.03 bits per heavy atom. The van der Waals surface area contributed by atoms with Gasteiger partial charge in [-0.3, -0.25) is 9.59 Å². The Kier molecular flexibility index (Phi) is 7.45. The van der Waals surface area contributed by atoms with Crippen molar-refractivity contribution in [1.29, 1.82) is 0 Å². The number of Topliss-reactive ketones (excluding diaryl/α,β-unsaturated/α-hetero) is 1. The van der Waals surface area contributed by atoms with Gasteiger partial charge in [-0.1, -0.05) is 18.2 Å². The first-order chi connectivity index (χ1) is 14.5. The molecule has 3 rings (SSSR count). The van der Waals surface area contributed by atoms with Gasteiger partial charge in [-0.15, -0.1) is 11.8 Å². The Bertz CT molecular complexity index is 1020. The Labute approximate surface area is 179 Å². The van der Waals surface area contributed by atoms with E-state index >= 15 is 0 Å². The van der Waals surface area contributed by atoms with E-state index in [9.17, 15) is 9.59 Å². The minimum Gasteiger partial charge on any atom is -0.493 e. The zero-order valence-corrected chi connectivity index (χ0v) is 17.6. The second-order valence-corrected chi connectivity index (χ2v) is 7.41. The van der Waals surface area contributed by atoms with Crippen molar-refractivity contribution >= 4 is 29.1 Å². The number of carbonyl (C=O) groups excluding carboxylic acids is 2. The summed E-state index contributed by atoms with van der Waals surface area (Å²) in [5, 5.41) is 3.78. The van der Waals surface area contributed by atoms with E-state index in [1.807, 2.05) is 42.5 Å². The third-order valence-corrected chi connectivity index (χ3v) is 5.18. The Balaban J connectivity index is 1.55. The SMILES string of the molecule is COc1cc(C(C)=O)ccc1OCC(=O)Nc1cccc(CSc2ccccn2)c1. The molecule has 7 heteroatoms. The number of amides is 1. The van der Waals surface area contributed by atoms with E-state index in [-0.39, 0.29) is 18.3 Å². The third-order valence-electron chi connectivity index (χ3n) is 4.16. The van der Waals surface area contributed by atoms with E-state index in [2.05, 4.69) is 10.3 Å². The van der Waals surface area contributed by atoms with E-state index < -0.39 is 0 Å². The van der Waals surface area contributed by atoms with E-state index in [1.165, 1.54) is 14.0 Å². The molecular formula is C23H22N2O4S. The lowest BCUT2D eigenvalue weighted by Gasteiger charge is -2.12. The number of methoxy groups -OCH3 is 1. The van der Waals surface area contributed by atoms with Crippen LogP contribution in [0.3, 0.4) is 0 Å². The van der Waals surface area contributed by atoms with Crippen LogP contribution in [0, 0.1) is 0 Å². The van der Waals surface area contributed by atoms with Gasteiger partial charge in [0.2, 0.25) is 0 Å². The van der Waals surface area contributed by atoms with Gasteiger partial charge in [0.05, 0.1) is 12.1 Å². The number of anilines is 1. The molecule has 0 fully saturated rings. The predicted octanol–water partition coefficient (Wildman–Crippen LogP) is 4.60. The second kappa shape index (κ2) is 10.5. The summed E-state index contributed by atoms with van der Waals surface area (Å²) in [5.74, 6) is 1.19. The molecule has 0 spiro atoms. The molecule has 1 heterocycles. The van der Waals surface area contributed by atoms with Gasteiger partial charge in [-0.2, -0.15) is 0 Å². The lowest BCUT2D eigenvalue weighted by atomic mass is 10.1. The van der Waals surface area contributed by atoms with Crippen molar-refractivity contribution in [3.63, 3.8) is 0 Å². The van der Waals surface area contributed by atoms with Crippen LogP contribution in [0.4, 0.5) is 5.69 Å². The number of rotatable bonds is 9. The first kappa shape index (κ1) is 21.4. The van der Waals surface area contributed by atoms with Crippen LogP contribution < -0.4 is 14.8 Å². The van der Waals surface area contributed by atoms with Crippen LogP contribution in [-0.4, -0.2) is 30.4 Å². The van der Waals surface area contributed by atoms with Crippen LogP contribution in [-0.2, 0) is 10.5 Å². The first-order valence-corrected chi connectivity index (χ1v) is 10.3. The summed E-state index contributed by atoms with van der Waals surface area (Å²) in [6.45, 7) is 1.30. The highest BCUT2D eigenvalue weighted by atomic mass is 32.2. The molecule has 2 aromatic carbocycles. The molecule has 30 heavy (non-hydrogen) atoms. The Morgan fingerprint density at radius 2 is 1.90 bits per heavy atom. The Hall–Kier alpha value is -3.32. The average molecular weight is 423 g/mol. The fourth-order valence-corrected chi connectivity index (χ4v) is 3.48. The zero-order chi connectivity index (χ0) is 21.3. The van der Waals surface area contributed by atoms with Crippen LogP contribution in [0.1, 0.15) is 22.8 Å². The van der Waals surface area contributed by atoms with Gasteiger partial charge in [-0.05, 0) is 55.0 Å². The van der Waals surface area contributed by atoms with E-state index in [4.69, 9.17) is 9.47 Å². The molecule has 0 radical (unpaired) electrons. The summed E-state index contributed by atoms with van der Waals surface area (Å²) in [7, 11) is 1.49. The summed E-state index contributed by atoms with van der Waals surface area (Å²) in [6.07, 6.45) is 1.77. The standard InChI is InChI=1S/C23H22N2O4S/c1-16(26)18-9-10-20(21(13-18)28-2)29-14-22(27)25-19-7-5-6-17(12-19)15-30-23-8-3-4-11-24-23/h3-13H,14-15H2,1-2H3,(H,25,27). The molecule has 6 nitrogen and oxygen atoms in total. The number of nitrogens with zero attached hydrogens (tertiary/aromatic N) is 1. The monoisotopic (exact) mass is 422 g/mol. The summed E-state index contributed by atoms with van der Waals surface area (Å²) in [4.78, 5) is 28.1.